The molecule has 0 aromatic carbocycles. The highest BCUT2D eigenvalue weighted by Crippen LogP contribution is 2.27. The Morgan fingerprint density at radius 1 is 1.10 bits per heavy atom. The zero-order chi connectivity index (χ0) is 14.1. The number of hydrogen-bond acceptors (Lipinski definition) is 4. The number of aryl methyl sites for hydroxylation is 1. The molecule has 0 radical (unpaired) electrons. The summed E-state index contributed by atoms with van der Waals surface area (Å²) in [4.78, 5) is 13.5. The number of anilines is 1. The van der Waals surface area contributed by atoms with Gasteiger partial charge in [0, 0.05) is 44.1 Å². The molecular weight excluding hydrogens is 248 g/mol. The molecule has 20 heavy (non-hydrogen) atoms. The number of aromatic nitrogens is 2. The Hall–Kier alpha value is -1.94. The molecule has 2 aromatic rings. The first-order valence-corrected chi connectivity index (χ1v) is 6.95. The molecule has 0 atom stereocenters. The molecule has 104 valence electrons. The van der Waals surface area contributed by atoms with Gasteiger partial charge in [-0.15, -0.1) is 0 Å². The normalized spacial score (nSPS) is 15.8. The van der Waals surface area contributed by atoms with Crippen molar-refractivity contribution in [1.82, 2.24) is 14.9 Å². The molecule has 0 N–H and O–H groups in total. The molecule has 0 fully saturated rings. The van der Waals surface area contributed by atoms with Gasteiger partial charge in [-0.05, 0) is 37.7 Å². The predicted molar refractivity (Wildman–Crippen MR) is 81.8 cm³/mol. The lowest BCUT2D eigenvalue weighted by Gasteiger charge is -2.18. The van der Waals surface area contributed by atoms with Crippen LogP contribution in [-0.4, -0.2) is 42.1 Å². The van der Waals surface area contributed by atoms with E-state index in [2.05, 4.69) is 46.0 Å². The quantitative estimate of drug-likeness (QED) is 0.794. The second-order valence-corrected chi connectivity index (χ2v) is 5.54. The van der Waals surface area contributed by atoms with Crippen LogP contribution in [0.3, 0.4) is 0 Å². The average molecular weight is 268 g/mol. The second-order valence-electron chi connectivity index (χ2n) is 5.54. The van der Waals surface area contributed by atoms with Crippen molar-refractivity contribution in [2.45, 2.75) is 13.5 Å². The maximum atomic E-state index is 4.63. The van der Waals surface area contributed by atoms with Crippen LogP contribution in [0.2, 0.25) is 0 Å². The van der Waals surface area contributed by atoms with Crippen molar-refractivity contribution < 1.29 is 0 Å². The Labute approximate surface area is 120 Å². The lowest BCUT2D eigenvalue weighted by atomic mass is 10.1. The Kier molecular flexibility index (Phi) is 3.40. The molecule has 4 heteroatoms. The summed E-state index contributed by atoms with van der Waals surface area (Å²) in [5.41, 5.74) is 5.76. The highest BCUT2D eigenvalue weighted by molar-refractivity contribution is 5.64. The minimum absolute atomic E-state index is 0.971. The maximum absolute atomic E-state index is 4.63. The number of likely N-dealkylation sites (N-methyl/N-ethyl adjacent to an activating group) is 2. The van der Waals surface area contributed by atoms with Crippen LogP contribution in [0.1, 0.15) is 11.3 Å². The summed E-state index contributed by atoms with van der Waals surface area (Å²) in [6, 6.07) is 6.31. The SMILES string of the molecule is Cc1cc(-c2cc3c(cn2)N(C)CCN(C)C3)ccn1. The summed E-state index contributed by atoms with van der Waals surface area (Å²) in [5, 5.41) is 0. The van der Waals surface area contributed by atoms with Crippen LogP contribution >= 0.6 is 0 Å². The van der Waals surface area contributed by atoms with Gasteiger partial charge < -0.3 is 9.80 Å². The van der Waals surface area contributed by atoms with Gasteiger partial charge in [-0.1, -0.05) is 0 Å². The molecule has 4 nitrogen and oxygen atoms in total. The topological polar surface area (TPSA) is 32.3 Å². The van der Waals surface area contributed by atoms with Crippen molar-refractivity contribution in [2.75, 3.05) is 32.1 Å². The van der Waals surface area contributed by atoms with Crippen LogP contribution in [0, 0.1) is 6.92 Å². The summed E-state index contributed by atoms with van der Waals surface area (Å²) < 4.78 is 0. The number of hydrogen-bond donors (Lipinski definition) is 0. The van der Waals surface area contributed by atoms with Crippen LogP contribution in [-0.2, 0) is 6.54 Å². The van der Waals surface area contributed by atoms with E-state index in [1.165, 1.54) is 11.3 Å². The molecule has 0 aliphatic carbocycles. The van der Waals surface area contributed by atoms with E-state index in [-0.39, 0.29) is 0 Å². The maximum Gasteiger partial charge on any atom is 0.0708 e. The van der Waals surface area contributed by atoms with E-state index in [0.717, 1.165) is 36.6 Å². The molecule has 1 aliphatic rings. The molecule has 2 aromatic heterocycles. The number of fused-ring (bicyclic) bond motifs is 1. The summed E-state index contributed by atoms with van der Waals surface area (Å²) in [6.45, 7) is 5.10. The Bertz CT molecular complexity index is 624. The van der Waals surface area contributed by atoms with E-state index in [4.69, 9.17) is 0 Å². The minimum atomic E-state index is 0.971. The van der Waals surface area contributed by atoms with Crippen molar-refractivity contribution in [3.8, 4) is 11.3 Å². The molecule has 0 spiro atoms. The zero-order valence-corrected chi connectivity index (χ0v) is 12.3. The molecule has 1 aliphatic heterocycles. The van der Waals surface area contributed by atoms with Gasteiger partial charge in [-0.25, -0.2) is 0 Å². The molecule has 0 saturated carbocycles. The molecule has 0 amide bonds. The third-order valence-electron chi connectivity index (χ3n) is 3.83. The van der Waals surface area contributed by atoms with Gasteiger partial charge >= 0.3 is 0 Å². The van der Waals surface area contributed by atoms with Gasteiger partial charge in [-0.2, -0.15) is 0 Å². The van der Waals surface area contributed by atoms with Crippen molar-refractivity contribution >= 4 is 5.69 Å². The van der Waals surface area contributed by atoms with E-state index in [0.29, 0.717) is 0 Å². The van der Waals surface area contributed by atoms with E-state index in [1.54, 1.807) is 0 Å². The molecule has 3 rings (SSSR count). The Morgan fingerprint density at radius 2 is 1.95 bits per heavy atom. The monoisotopic (exact) mass is 268 g/mol. The van der Waals surface area contributed by atoms with Crippen molar-refractivity contribution in [1.29, 1.82) is 0 Å². The molecule has 0 unspecified atom stereocenters. The number of nitrogens with zero attached hydrogens (tertiary/aromatic N) is 4. The van der Waals surface area contributed by atoms with Gasteiger partial charge in [0.2, 0.25) is 0 Å². The van der Waals surface area contributed by atoms with Gasteiger partial charge in [0.25, 0.3) is 0 Å². The smallest absolute Gasteiger partial charge is 0.0708 e. The number of rotatable bonds is 1. The fourth-order valence-corrected chi connectivity index (χ4v) is 2.63. The third kappa shape index (κ3) is 2.51. The molecular formula is C16H20N4. The standard InChI is InChI=1S/C16H20N4/c1-12-8-13(4-5-17-12)15-9-14-11-19(2)6-7-20(3)16(14)10-18-15/h4-5,8-10H,6-7,11H2,1-3H3. The van der Waals surface area contributed by atoms with Crippen molar-refractivity contribution in [3.05, 3.63) is 41.9 Å². The lowest BCUT2D eigenvalue weighted by molar-refractivity contribution is 0.342. The summed E-state index contributed by atoms with van der Waals surface area (Å²) in [7, 11) is 4.30. The highest BCUT2D eigenvalue weighted by Gasteiger charge is 2.16. The second kappa shape index (κ2) is 5.21. The summed E-state index contributed by atoms with van der Waals surface area (Å²) >= 11 is 0. The first kappa shape index (κ1) is 13.1. The molecule has 0 bridgehead atoms. The fourth-order valence-electron chi connectivity index (χ4n) is 2.63. The largest absolute Gasteiger partial charge is 0.372 e. The Morgan fingerprint density at radius 3 is 2.75 bits per heavy atom. The average Bonchev–Trinajstić information content (AvgIpc) is 2.58. The molecule has 0 saturated heterocycles. The van der Waals surface area contributed by atoms with Gasteiger partial charge in [0.05, 0.1) is 17.6 Å². The predicted octanol–water partition coefficient (Wildman–Crippen LogP) is 2.33. The Balaban J connectivity index is 2.04. The van der Waals surface area contributed by atoms with Gasteiger partial charge in [0.15, 0.2) is 0 Å². The van der Waals surface area contributed by atoms with E-state index < -0.39 is 0 Å². The fraction of sp³-hybridized carbons (Fsp3) is 0.375. The van der Waals surface area contributed by atoms with Crippen LogP contribution in [0.25, 0.3) is 11.3 Å². The van der Waals surface area contributed by atoms with Crippen molar-refractivity contribution in [3.63, 3.8) is 0 Å². The van der Waals surface area contributed by atoms with E-state index in [1.807, 2.05) is 25.4 Å². The first-order chi connectivity index (χ1) is 9.63. The summed E-state index contributed by atoms with van der Waals surface area (Å²) in [6.07, 6.45) is 3.84. The van der Waals surface area contributed by atoms with Crippen LogP contribution in [0.4, 0.5) is 5.69 Å². The van der Waals surface area contributed by atoms with Crippen LogP contribution in [0.15, 0.2) is 30.6 Å². The lowest BCUT2D eigenvalue weighted by Crippen LogP contribution is -2.26. The van der Waals surface area contributed by atoms with Crippen molar-refractivity contribution in [2.24, 2.45) is 0 Å². The van der Waals surface area contributed by atoms with E-state index in [9.17, 15) is 0 Å². The van der Waals surface area contributed by atoms with Gasteiger partial charge in [-0.3, -0.25) is 9.97 Å². The number of pyridine rings is 2. The molecule has 3 heterocycles. The van der Waals surface area contributed by atoms with Crippen LogP contribution < -0.4 is 4.90 Å². The summed E-state index contributed by atoms with van der Waals surface area (Å²) in [5.74, 6) is 0. The third-order valence-corrected chi connectivity index (χ3v) is 3.83. The highest BCUT2D eigenvalue weighted by atomic mass is 15.2. The minimum Gasteiger partial charge on any atom is -0.372 e. The first-order valence-electron chi connectivity index (χ1n) is 6.95. The van der Waals surface area contributed by atoms with Crippen LogP contribution in [0.5, 0.6) is 0 Å². The van der Waals surface area contributed by atoms with E-state index >= 15 is 0 Å². The van der Waals surface area contributed by atoms with Gasteiger partial charge in [0.1, 0.15) is 0 Å². The zero-order valence-electron chi connectivity index (χ0n) is 12.3.